The summed E-state index contributed by atoms with van der Waals surface area (Å²) in [5, 5.41) is 5.15. The molecule has 66 heavy (non-hydrogen) atoms. The summed E-state index contributed by atoms with van der Waals surface area (Å²) in [6.45, 7) is 0. The first-order valence-corrected chi connectivity index (χ1v) is 23.4. The molecule has 0 spiro atoms. The van der Waals surface area contributed by atoms with Crippen molar-refractivity contribution in [1.29, 1.82) is 0 Å². The summed E-state index contributed by atoms with van der Waals surface area (Å²) in [6, 6.07) is 95.0. The molecule has 12 aromatic rings. The number of rotatable bonds is 9. The lowest BCUT2D eigenvalue weighted by molar-refractivity contribution is 1.28. The molecule has 0 bridgehead atoms. The maximum absolute atomic E-state index is 2.42. The van der Waals surface area contributed by atoms with Crippen molar-refractivity contribution in [2.45, 2.75) is 0 Å². The highest BCUT2D eigenvalue weighted by Crippen LogP contribution is 2.47. The zero-order valence-electron chi connectivity index (χ0n) is 36.2. The summed E-state index contributed by atoms with van der Waals surface area (Å²) in [7, 11) is 0. The molecule has 11 aromatic carbocycles. The van der Waals surface area contributed by atoms with Gasteiger partial charge in [0.25, 0.3) is 0 Å². The van der Waals surface area contributed by atoms with Gasteiger partial charge < -0.3 is 4.90 Å². The van der Waals surface area contributed by atoms with Crippen LogP contribution in [0.15, 0.2) is 261 Å². The molecular weight excluding hydrogens is 815 g/mol. The molecule has 0 saturated carbocycles. The first-order valence-electron chi connectivity index (χ1n) is 22.6. The molecule has 0 radical (unpaired) electrons. The Bertz CT molecular complexity index is 3670. The Morgan fingerprint density at radius 3 is 1.39 bits per heavy atom. The van der Waals surface area contributed by atoms with Crippen molar-refractivity contribution in [1.82, 2.24) is 0 Å². The third kappa shape index (κ3) is 7.15. The zero-order valence-corrected chi connectivity index (χ0v) is 37.0. The van der Waals surface area contributed by atoms with Crippen LogP contribution in [0.25, 0.3) is 97.7 Å². The quantitative estimate of drug-likeness (QED) is 0.140. The van der Waals surface area contributed by atoms with Crippen LogP contribution in [0.5, 0.6) is 0 Å². The van der Waals surface area contributed by atoms with Crippen molar-refractivity contribution in [3.05, 3.63) is 261 Å². The number of thiophene rings is 1. The maximum atomic E-state index is 2.42. The van der Waals surface area contributed by atoms with E-state index in [1.165, 1.54) is 92.1 Å². The average molecular weight is 858 g/mol. The van der Waals surface area contributed by atoms with Gasteiger partial charge in [-0.25, -0.2) is 0 Å². The van der Waals surface area contributed by atoms with Crippen LogP contribution in [0.3, 0.4) is 0 Å². The number of para-hydroxylation sites is 1. The van der Waals surface area contributed by atoms with Crippen molar-refractivity contribution in [3.63, 3.8) is 0 Å². The fourth-order valence-electron chi connectivity index (χ4n) is 9.75. The number of benzene rings is 11. The standard InChI is InChI=1S/C64H43NS/c1-2-16-46(17-3-1)54-21-6-7-22-56(54)57-23-8-9-24-58(57)59-25-10-12-30-62(59)65(51-42-38-49(39-43-51)55-28-15-29-61-60-26-11-13-31-63(60)66-64(55)61)50-40-36-45(37-41-50)44-32-34-48(35-33-44)53-27-14-19-47-18-4-5-20-52(47)53/h1-43H. The van der Waals surface area contributed by atoms with E-state index in [1.807, 2.05) is 11.3 Å². The van der Waals surface area contributed by atoms with Crippen molar-refractivity contribution < 1.29 is 0 Å². The van der Waals surface area contributed by atoms with Crippen molar-refractivity contribution in [2.24, 2.45) is 0 Å². The smallest absolute Gasteiger partial charge is 0.0540 e. The second-order valence-electron chi connectivity index (χ2n) is 16.8. The summed E-state index contributed by atoms with van der Waals surface area (Å²) in [6.07, 6.45) is 0. The van der Waals surface area contributed by atoms with Gasteiger partial charge in [0, 0.05) is 37.1 Å². The van der Waals surface area contributed by atoms with E-state index in [1.54, 1.807) is 0 Å². The van der Waals surface area contributed by atoms with Gasteiger partial charge in [-0.3, -0.25) is 0 Å². The topological polar surface area (TPSA) is 3.24 Å². The predicted molar refractivity (Wildman–Crippen MR) is 284 cm³/mol. The molecule has 310 valence electrons. The van der Waals surface area contributed by atoms with Gasteiger partial charge >= 0.3 is 0 Å². The lowest BCUT2D eigenvalue weighted by atomic mass is 9.88. The van der Waals surface area contributed by atoms with Gasteiger partial charge in [-0.1, -0.05) is 224 Å². The molecule has 1 heterocycles. The van der Waals surface area contributed by atoms with Gasteiger partial charge in [-0.05, 0) is 108 Å². The Kier molecular flexibility index (Phi) is 10.1. The van der Waals surface area contributed by atoms with Gasteiger partial charge in [0.15, 0.2) is 0 Å². The first-order chi connectivity index (χ1) is 32.7. The molecule has 0 N–H and O–H groups in total. The summed E-state index contributed by atoms with van der Waals surface area (Å²) < 4.78 is 2.64. The highest BCUT2D eigenvalue weighted by molar-refractivity contribution is 7.26. The van der Waals surface area contributed by atoms with Crippen LogP contribution in [0.2, 0.25) is 0 Å². The molecule has 0 fully saturated rings. The van der Waals surface area contributed by atoms with Crippen LogP contribution in [0.4, 0.5) is 17.1 Å². The van der Waals surface area contributed by atoms with E-state index in [4.69, 9.17) is 0 Å². The molecule has 1 aromatic heterocycles. The van der Waals surface area contributed by atoms with Gasteiger partial charge in [0.1, 0.15) is 0 Å². The molecular formula is C64H43NS. The van der Waals surface area contributed by atoms with E-state index in [-0.39, 0.29) is 0 Å². The minimum Gasteiger partial charge on any atom is -0.310 e. The molecule has 0 saturated heterocycles. The molecule has 2 heteroatoms. The van der Waals surface area contributed by atoms with Gasteiger partial charge in [-0.2, -0.15) is 0 Å². The minimum absolute atomic E-state index is 1.08. The van der Waals surface area contributed by atoms with Crippen LogP contribution >= 0.6 is 11.3 Å². The normalized spacial score (nSPS) is 11.3. The Hall–Kier alpha value is -8.30. The van der Waals surface area contributed by atoms with E-state index in [2.05, 4.69) is 266 Å². The second-order valence-corrected chi connectivity index (χ2v) is 17.8. The summed E-state index contributed by atoms with van der Waals surface area (Å²) >= 11 is 1.87. The minimum atomic E-state index is 1.08. The second kappa shape index (κ2) is 17.0. The van der Waals surface area contributed by atoms with Crippen LogP contribution in [0.1, 0.15) is 0 Å². The maximum Gasteiger partial charge on any atom is 0.0540 e. The van der Waals surface area contributed by atoms with Crippen LogP contribution < -0.4 is 4.90 Å². The Balaban J connectivity index is 0.968. The fraction of sp³-hybridized carbons (Fsp3) is 0. The number of hydrogen-bond acceptors (Lipinski definition) is 2. The largest absolute Gasteiger partial charge is 0.310 e. The molecule has 0 unspecified atom stereocenters. The molecule has 0 atom stereocenters. The van der Waals surface area contributed by atoms with Crippen LogP contribution in [0, 0.1) is 0 Å². The van der Waals surface area contributed by atoms with E-state index >= 15 is 0 Å². The third-order valence-corrected chi connectivity index (χ3v) is 14.2. The number of fused-ring (bicyclic) bond motifs is 4. The Labute approximate surface area is 389 Å². The van der Waals surface area contributed by atoms with Gasteiger partial charge in [0.05, 0.1) is 5.69 Å². The first kappa shape index (κ1) is 39.3. The number of hydrogen-bond donors (Lipinski definition) is 0. The van der Waals surface area contributed by atoms with E-state index in [9.17, 15) is 0 Å². The lowest BCUT2D eigenvalue weighted by Crippen LogP contribution is -2.11. The number of anilines is 3. The molecule has 0 aliphatic carbocycles. The van der Waals surface area contributed by atoms with Crippen molar-refractivity contribution in [2.75, 3.05) is 4.90 Å². The van der Waals surface area contributed by atoms with Crippen LogP contribution in [-0.2, 0) is 0 Å². The lowest BCUT2D eigenvalue weighted by Gasteiger charge is -2.29. The third-order valence-electron chi connectivity index (χ3n) is 12.9. The fourth-order valence-corrected chi connectivity index (χ4v) is 11.0. The molecule has 12 rings (SSSR count). The number of nitrogens with zero attached hydrogens (tertiary/aromatic N) is 1. The Morgan fingerprint density at radius 2 is 0.667 bits per heavy atom. The predicted octanol–water partition coefficient (Wildman–Crippen LogP) is 18.7. The van der Waals surface area contributed by atoms with Crippen molar-refractivity contribution in [3.8, 4) is 66.8 Å². The zero-order chi connectivity index (χ0) is 43.8. The molecule has 0 aliphatic heterocycles. The van der Waals surface area contributed by atoms with Crippen molar-refractivity contribution >= 4 is 59.3 Å². The van der Waals surface area contributed by atoms with E-state index in [0.717, 1.165) is 22.6 Å². The molecule has 0 amide bonds. The molecule has 0 aliphatic rings. The summed E-state index contributed by atoms with van der Waals surface area (Å²) in [5.41, 5.74) is 17.7. The van der Waals surface area contributed by atoms with Gasteiger partial charge in [-0.15, -0.1) is 11.3 Å². The SMILES string of the molecule is c1ccc(-c2ccccc2-c2ccccc2-c2ccccc2N(c2ccc(-c3ccc(-c4cccc5ccccc45)cc3)cc2)c2ccc(-c3cccc4c3sc3ccccc34)cc2)cc1. The summed E-state index contributed by atoms with van der Waals surface area (Å²) in [5.74, 6) is 0. The van der Waals surface area contributed by atoms with Crippen LogP contribution in [-0.4, -0.2) is 0 Å². The monoisotopic (exact) mass is 857 g/mol. The van der Waals surface area contributed by atoms with E-state index in [0.29, 0.717) is 0 Å². The molecule has 1 nitrogen and oxygen atoms in total. The Morgan fingerprint density at radius 1 is 0.242 bits per heavy atom. The highest BCUT2D eigenvalue weighted by Gasteiger charge is 2.21. The van der Waals surface area contributed by atoms with E-state index < -0.39 is 0 Å². The highest BCUT2D eigenvalue weighted by atomic mass is 32.1. The summed E-state index contributed by atoms with van der Waals surface area (Å²) in [4.78, 5) is 2.42. The average Bonchev–Trinajstić information content (AvgIpc) is 3.79. The van der Waals surface area contributed by atoms with Gasteiger partial charge in [0.2, 0.25) is 0 Å².